The van der Waals surface area contributed by atoms with E-state index < -0.39 is 0 Å². The summed E-state index contributed by atoms with van der Waals surface area (Å²) in [4.78, 5) is 23.2. The molecule has 1 amide bonds. The molecular formula is C18H20ClN3O2. The van der Waals surface area contributed by atoms with E-state index in [1.165, 1.54) is 0 Å². The fraction of sp³-hybridized carbons (Fsp3) is 0.389. The number of hydrogen-bond acceptors (Lipinski definition) is 4. The Morgan fingerprint density at radius 3 is 2.75 bits per heavy atom. The number of carbonyl (C=O) groups excluding carboxylic acids is 1. The van der Waals surface area contributed by atoms with Crippen molar-refractivity contribution in [1.82, 2.24) is 14.9 Å². The van der Waals surface area contributed by atoms with E-state index in [0.717, 1.165) is 30.7 Å². The third-order valence-electron chi connectivity index (χ3n) is 4.29. The van der Waals surface area contributed by atoms with Gasteiger partial charge in [-0.05, 0) is 30.5 Å². The number of halogens is 1. The maximum Gasteiger partial charge on any atom is 0.228 e. The molecule has 126 valence electrons. The van der Waals surface area contributed by atoms with Gasteiger partial charge < -0.3 is 9.64 Å². The summed E-state index contributed by atoms with van der Waals surface area (Å²) in [7, 11) is 1.81. The molecule has 1 aliphatic heterocycles. The first-order valence-electron chi connectivity index (χ1n) is 8.02. The molecule has 1 aromatic heterocycles. The second-order valence-electron chi connectivity index (χ2n) is 5.95. The van der Waals surface area contributed by atoms with Gasteiger partial charge >= 0.3 is 0 Å². The molecule has 0 unspecified atom stereocenters. The van der Waals surface area contributed by atoms with Crippen LogP contribution in [0, 0.1) is 5.92 Å². The minimum Gasteiger partial charge on any atom is -0.381 e. The maximum atomic E-state index is 12.9. The van der Waals surface area contributed by atoms with Gasteiger partial charge in [-0.3, -0.25) is 14.8 Å². The molecule has 5 nitrogen and oxygen atoms in total. The zero-order valence-corrected chi connectivity index (χ0v) is 14.3. The topological polar surface area (TPSA) is 55.3 Å². The van der Waals surface area contributed by atoms with E-state index in [-0.39, 0.29) is 17.9 Å². The Kier molecular flexibility index (Phi) is 5.43. The number of carbonyl (C=O) groups is 1. The molecule has 1 aromatic carbocycles. The minimum atomic E-state index is -0.301. The lowest BCUT2D eigenvalue weighted by molar-refractivity contribution is -0.140. The van der Waals surface area contributed by atoms with Gasteiger partial charge in [-0.2, -0.15) is 0 Å². The number of rotatable bonds is 4. The maximum absolute atomic E-state index is 12.9. The summed E-state index contributed by atoms with van der Waals surface area (Å²) in [5, 5.41) is 0.659. The van der Waals surface area contributed by atoms with Gasteiger partial charge in [-0.25, -0.2) is 0 Å². The smallest absolute Gasteiger partial charge is 0.228 e. The predicted octanol–water partition coefficient (Wildman–Crippen LogP) is 3.10. The lowest BCUT2D eigenvalue weighted by Gasteiger charge is -2.32. The number of aromatic nitrogens is 2. The summed E-state index contributed by atoms with van der Waals surface area (Å²) in [5.74, 6) is -0.0319. The number of nitrogens with zero attached hydrogens (tertiary/aromatic N) is 3. The van der Waals surface area contributed by atoms with E-state index in [9.17, 15) is 4.79 Å². The van der Waals surface area contributed by atoms with Gasteiger partial charge in [-0.15, -0.1) is 0 Å². The van der Waals surface area contributed by atoms with Gasteiger partial charge in [-0.1, -0.05) is 23.7 Å². The van der Waals surface area contributed by atoms with E-state index in [4.69, 9.17) is 16.3 Å². The molecule has 2 heterocycles. The standard InChI is InChI=1S/C18H20ClN3O2/c1-22(18(23)14-3-2-10-24-12-14)17(16-11-20-8-9-21-16)13-4-6-15(19)7-5-13/h4-9,11,14,17H,2-3,10,12H2,1H3/t14-,17-/m0/s1. The quantitative estimate of drug-likeness (QED) is 0.854. The number of amides is 1. The Hall–Kier alpha value is -1.98. The van der Waals surface area contributed by atoms with Crippen molar-refractivity contribution >= 4 is 17.5 Å². The number of benzene rings is 1. The molecule has 0 N–H and O–H groups in total. The molecule has 0 aliphatic carbocycles. The van der Waals surface area contributed by atoms with Crippen LogP contribution in [0.1, 0.15) is 30.1 Å². The summed E-state index contributed by atoms with van der Waals surface area (Å²) < 4.78 is 5.47. The van der Waals surface area contributed by atoms with Crippen LogP contribution in [0.3, 0.4) is 0 Å². The Balaban J connectivity index is 1.91. The van der Waals surface area contributed by atoms with Crippen molar-refractivity contribution in [2.24, 2.45) is 5.92 Å². The van der Waals surface area contributed by atoms with Crippen LogP contribution < -0.4 is 0 Å². The minimum absolute atomic E-state index is 0.0697. The molecule has 2 atom stereocenters. The second kappa shape index (κ2) is 7.73. The van der Waals surface area contributed by atoms with Crippen molar-refractivity contribution in [3.8, 4) is 0 Å². The SMILES string of the molecule is CN(C(=O)[C@H]1CCCOC1)[C@@H](c1ccc(Cl)cc1)c1cnccn1. The molecule has 0 spiro atoms. The molecule has 1 aliphatic rings. The van der Waals surface area contributed by atoms with Crippen LogP contribution in [0.2, 0.25) is 5.02 Å². The van der Waals surface area contributed by atoms with Crippen LogP contribution in [-0.2, 0) is 9.53 Å². The predicted molar refractivity (Wildman–Crippen MR) is 91.6 cm³/mol. The largest absolute Gasteiger partial charge is 0.381 e. The Labute approximate surface area is 146 Å². The van der Waals surface area contributed by atoms with Crippen molar-refractivity contribution < 1.29 is 9.53 Å². The van der Waals surface area contributed by atoms with E-state index in [1.54, 1.807) is 23.5 Å². The molecule has 24 heavy (non-hydrogen) atoms. The average molecular weight is 346 g/mol. The Morgan fingerprint density at radius 1 is 1.33 bits per heavy atom. The zero-order chi connectivity index (χ0) is 16.9. The average Bonchev–Trinajstić information content (AvgIpc) is 2.64. The monoisotopic (exact) mass is 345 g/mol. The molecule has 3 rings (SSSR count). The van der Waals surface area contributed by atoms with Crippen LogP contribution in [0.25, 0.3) is 0 Å². The fourth-order valence-corrected chi connectivity index (χ4v) is 3.17. The van der Waals surface area contributed by atoms with Gasteiger partial charge in [0.15, 0.2) is 0 Å². The summed E-state index contributed by atoms with van der Waals surface area (Å²) in [6, 6.07) is 7.18. The number of ether oxygens (including phenoxy) is 1. The molecule has 6 heteroatoms. The Bertz CT molecular complexity index is 672. The van der Waals surface area contributed by atoms with Gasteiger partial charge in [0, 0.05) is 31.1 Å². The molecule has 2 aromatic rings. The van der Waals surface area contributed by atoms with Crippen LogP contribution >= 0.6 is 11.6 Å². The molecule has 1 saturated heterocycles. The van der Waals surface area contributed by atoms with Crippen LogP contribution in [0.4, 0.5) is 0 Å². The summed E-state index contributed by atoms with van der Waals surface area (Å²) in [6.07, 6.45) is 6.73. The van der Waals surface area contributed by atoms with E-state index >= 15 is 0 Å². The summed E-state index contributed by atoms with van der Waals surface area (Å²) >= 11 is 6.00. The van der Waals surface area contributed by atoms with Crippen molar-refractivity contribution in [1.29, 1.82) is 0 Å². The second-order valence-corrected chi connectivity index (χ2v) is 6.38. The molecular weight excluding hydrogens is 326 g/mol. The van der Waals surface area contributed by atoms with E-state index in [1.807, 2.05) is 31.3 Å². The third-order valence-corrected chi connectivity index (χ3v) is 4.55. The van der Waals surface area contributed by atoms with Crippen LogP contribution in [0.15, 0.2) is 42.9 Å². The fourth-order valence-electron chi connectivity index (χ4n) is 3.04. The lowest BCUT2D eigenvalue weighted by Crippen LogP contribution is -2.40. The van der Waals surface area contributed by atoms with Crippen molar-refractivity contribution in [3.63, 3.8) is 0 Å². The molecule has 0 bridgehead atoms. The number of hydrogen-bond donors (Lipinski definition) is 0. The van der Waals surface area contributed by atoms with E-state index in [0.29, 0.717) is 11.6 Å². The van der Waals surface area contributed by atoms with Crippen LogP contribution in [-0.4, -0.2) is 41.0 Å². The van der Waals surface area contributed by atoms with E-state index in [2.05, 4.69) is 9.97 Å². The highest BCUT2D eigenvalue weighted by molar-refractivity contribution is 6.30. The molecule has 0 saturated carbocycles. The van der Waals surface area contributed by atoms with Crippen LogP contribution in [0.5, 0.6) is 0 Å². The first-order chi connectivity index (χ1) is 11.7. The normalized spacial score (nSPS) is 18.8. The molecule has 1 fully saturated rings. The Morgan fingerprint density at radius 2 is 2.12 bits per heavy atom. The molecule has 0 radical (unpaired) electrons. The highest BCUT2D eigenvalue weighted by atomic mass is 35.5. The summed E-state index contributed by atoms with van der Waals surface area (Å²) in [6.45, 7) is 1.22. The van der Waals surface area contributed by atoms with Gasteiger partial charge in [0.2, 0.25) is 5.91 Å². The van der Waals surface area contributed by atoms with Gasteiger partial charge in [0.05, 0.1) is 24.4 Å². The lowest BCUT2D eigenvalue weighted by atomic mass is 9.97. The van der Waals surface area contributed by atoms with Gasteiger partial charge in [0.1, 0.15) is 6.04 Å². The van der Waals surface area contributed by atoms with Crippen molar-refractivity contribution in [3.05, 3.63) is 59.1 Å². The first kappa shape index (κ1) is 16.9. The van der Waals surface area contributed by atoms with Crippen molar-refractivity contribution in [2.75, 3.05) is 20.3 Å². The highest BCUT2D eigenvalue weighted by Crippen LogP contribution is 2.29. The third kappa shape index (κ3) is 3.74. The zero-order valence-electron chi connectivity index (χ0n) is 13.6. The highest BCUT2D eigenvalue weighted by Gasteiger charge is 2.31. The first-order valence-corrected chi connectivity index (χ1v) is 8.40. The van der Waals surface area contributed by atoms with Gasteiger partial charge in [0.25, 0.3) is 0 Å². The summed E-state index contributed by atoms with van der Waals surface area (Å²) in [5.41, 5.74) is 1.68. The van der Waals surface area contributed by atoms with Crippen molar-refractivity contribution in [2.45, 2.75) is 18.9 Å².